The van der Waals surface area contributed by atoms with Gasteiger partial charge in [0.2, 0.25) is 0 Å². The highest BCUT2D eigenvalue weighted by Crippen LogP contribution is 2.24. The summed E-state index contributed by atoms with van der Waals surface area (Å²) in [5.74, 6) is 1.49. The highest BCUT2D eigenvalue weighted by molar-refractivity contribution is 4.86. The van der Waals surface area contributed by atoms with Crippen LogP contribution in [-0.2, 0) is 0 Å². The minimum absolute atomic E-state index is 0.255. The molecular formula is C10H19N. The summed E-state index contributed by atoms with van der Waals surface area (Å²) in [6.45, 7) is 8.69. The molecule has 0 aliphatic carbocycles. The van der Waals surface area contributed by atoms with Crippen LogP contribution in [0, 0.1) is 29.1 Å². The molecule has 0 fully saturated rings. The lowest BCUT2D eigenvalue weighted by Gasteiger charge is -2.21. The SMILES string of the molecule is CCC(C)C(C)C(C#N)CC. The Hall–Kier alpha value is -0.510. The lowest BCUT2D eigenvalue weighted by molar-refractivity contribution is 0.297. The molecule has 11 heavy (non-hydrogen) atoms. The van der Waals surface area contributed by atoms with Crippen LogP contribution in [0.4, 0.5) is 0 Å². The molecule has 0 aliphatic heterocycles. The second kappa shape index (κ2) is 5.18. The van der Waals surface area contributed by atoms with Crippen molar-refractivity contribution in [3.8, 4) is 6.07 Å². The van der Waals surface area contributed by atoms with Crippen LogP contribution in [0.1, 0.15) is 40.5 Å². The van der Waals surface area contributed by atoms with Gasteiger partial charge >= 0.3 is 0 Å². The Kier molecular flexibility index (Phi) is 4.94. The van der Waals surface area contributed by atoms with E-state index in [2.05, 4.69) is 33.8 Å². The van der Waals surface area contributed by atoms with Gasteiger partial charge in [-0.25, -0.2) is 0 Å². The molecule has 0 saturated carbocycles. The van der Waals surface area contributed by atoms with Crippen LogP contribution >= 0.6 is 0 Å². The molecule has 1 heteroatoms. The quantitative estimate of drug-likeness (QED) is 0.608. The molecule has 0 heterocycles. The van der Waals surface area contributed by atoms with E-state index >= 15 is 0 Å². The maximum Gasteiger partial charge on any atom is 0.0658 e. The molecule has 0 radical (unpaired) electrons. The van der Waals surface area contributed by atoms with Crippen LogP contribution in [0.3, 0.4) is 0 Å². The van der Waals surface area contributed by atoms with Gasteiger partial charge in [0.25, 0.3) is 0 Å². The topological polar surface area (TPSA) is 23.8 Å². The van der Waals surface area contributed by atoms with Crippen molar-refractivity contribution >= 4 is 0 Å². The highest BCUT2D eigenvalue weighted by atomic mass is 14.3. The monoisotopic (exact) mass is 153 g/mol. The summed E-state index contributed by atoms with van der Waals surface area (Å²) in [5.41, 5.74) is 0. The van der Waals surface area contributed by atoms with Crippen molar-refractivity contribution in [2.75, 3.05) is 0 Å². The predicted molar refractivity (Wildman–Crippen MR) is 48.0 cm³/mol. The summed E-state index contributed by atoms with van der Waals surface area (Å²) in [5, 5.41) is 8.79. The molecule has 0 bridgehead atoms. The fourth-order valence-electron chi connectivity index (χ4n) is 1.35. The van der Waals surface area contributed by atoms with E-state index in [1.807, 2.05) is 0 Å². The molecule has 0 rings (SSSR count). The second-order valence-electron chi connectivity index (χ2n) is 3.39. The Morgan fingerprint density at radius 3 is 2.00 bits per heavy atom. The van der Waals surface area contributed by atoms with Crippen molar-refractivity contribution in [2.45, 2.75) is 40.5 Å². The van der Waals surface area contributed by atoms with Crippen molar-refractivity contribution in [3.63, 3.8) is 0 Å². The number of hydrogen-bond acceptors (Lipinski definition) is 1. The van der Waals surface area contributed by atoms with Crippen LogP contribution in [-0.4, -0.2) is 0 Å². The number of nitrogens with zero attached hydrogens (tertiary/aromatic N) is 1. The minimum atomic E-state index is 0.255. The molecule has 0 saturated heterocycles. The Bertz CT molecular complexity index is 134. The average Bonchev–Trinajstić information content (AvgIpc) is 2.05. The first-order chi connectivity index (χ1) is 5.17. The highest BCUT2D eigenvalue weighted by Gasteiger charge is 2.19. The van der Waals surface area contributed by atoms with Crippen molar-refractivity contribution in [3.05, 3.63) is 0 Å². The van der Waals surface area contributed by atoms with E-state index in [1.54, 1.807) is 0 Å². The maximum absolute atomic E-state index is 8.79. The number of hydrogen-bond donors (Lipinski definition) is 0. The Balaban J connectivity index is 3.99. The smallest absolute Gasteiger partial charge is 0.0658 e. The molecule has 0 aromatic rings. The summed E-state index contributed by atoms with van der Waals surface area (Å²) >= 11 is 0. The molecule has 64 valence electrons. The normalized spacial score (nSPS) is 18.5. The lowest BCUT2D eigenvalue weighted by Crippen LogP contribution is -2.16. The summed E-state index contributed by atoms with van der Waals surface area (Å²) in [4.78, 5) is 0. The summed E-state index contributed by atoms with van der Waals surface area (Å²) < 4.78 is 0. The van der Waals surface area contributed by atoms with Crippen molar-refractivity contribution in [1.29, 1.82) is 5.26 Å². The van der Waals surface area contributed by atoms with E-state index in [4.69, 9.17) is 5.26 Å². The standard InChI is InChI=1S/C10H19N/c1-5-8(3)9(4)10(6-2)7-11/h8-10H,5-6H2,1-4H3. The zero-order valence-corrected chi connectivity index (χ0v) is 8.09. The lowest BCUT2D eigenvalue weighted by atomic mass is 9.82. The van der Waals surface area contributed by atoms with Crippen LogP contribution in [0.5, 0.6) is 0 Å². The Morgan fingerprint density at radius 1 is 1.18 bits per heavy atom. The summed E-state index contributed by atoms with van der Waals surface area (Å²) in [7, 11) is 0. The first kappa shape index (κ1) is 10.5. The molecule has 1 nitrogen and oxygen atoms in total. The Labute approximate surface area is 70.4 Å². The molecule has 0 aliphatic rings. The van der Waals surface area contributed by atoms with Gasteiger partial charge in [-0.05, 0) is 18.3 Å². The van der Waals surface area contributed by atoms with Gasteiger partial charge in [-0.3, -0.25) is 0 Å². The zero-order chi connectivity index (χ0) is 8.85. The molecule has 0 N–H and O–H groups in total. The predicted octanol–water partition coefficient (Wildman–Crippen LogP) is 3.22. The van der Waals surface area contributed by atoms with Gasteiger partial charge in [0.05, 0.1) is 6.07 Å². The van der Waals surface area contributed by atoms with Crippen LogP contribution < -0.4 is 0 Å². The van der Waals surface area contributed by atoms with Crippen LogP contribution in [0.15, 0.2) is 0 Å². The molecule has 0 spiro atoms. The average molecular weight is 153 g/mol. The van der Waals surface area contributed by atoms with Crippen LogP contribution in [0.2, 0.25) is 0 Å². The maximum atomic E-state index is 8.79. The van der Waals surface area contributed by atoms with Crippen molar-refractivity contribution < 1.29 is 0 Å². The molecule has 0 amide bonds. The molecule has 0 aromatic heterocycles. The minimum Gasteiger partial charge on any atom is -0.198 e. The Morgan fingerprint density at radius 2 is 1.73 bits per heavy atom. The van der Waals surface area contributed by atoms with Gasteiger partial charge < -0.3 is 0 Å². The first-order valence-corrected chi connectivity index (χ1v) is 4.56. The van der Waals surface area contributed by atoms with E-state index in [1.165, 1.54) is 6.42 Å². The van der Waals surface area contributed by atoms with Gasteiger partial charge in [0.15, 0.2) is 0 Å². The summed E-state index contributed by atoms with van der Waals surface area (Å²) in [6.07, 6.45) is 2.17. The van der Waals surface area contributed by atoms with E-state index in [-0.39, 0.29) is 5.92 Å². The van der Waals surface area contributed by atoms with E-state index < -0.39 is 0 Å². The fourth-order valence-corrected chi connectivity index (χ4v) is 1.35. The fraction of sp³-hybridized carbons (Fsp3) is 0.900. The van der Waals surface area contributed by atoms with E-state index in [0.29, 0.717) is 11.8 Å². The zero-order valence-electron chi connectivity index (χ0n) is 8.09. The van der Waals surface area contributed by atoms with Crippen LogP contribution in [0.25, 0.3) is 0 Å². The van der Waals surface area contributed by atoms with E-state index in [9.17, 15) is 0 Å². The third-order valence-corrected chi connectivity index (χ3v) is 2.78. The van der Waals surface area contributed by atoms with Crippen molar-refractivity contribution in [1.82, 2.24) is 0 Å². The number of rotatable bonds is 4. The third kappa shape index (κ3) is 2.93. The first-order valence-electron chi connectivity index (χ1n) is 4.56. The second-order valence-corrected chi connectivity index (χ2v) is 3.39. The number of nitriles is 1. The van der Waals surface area contributed by atoms with Gasteiger partial charge in [-0.1, -0.05) is 34.1 Å². The van der Waals surface area contributed by atoms with Crippen molar-refractivity contribution in [2.24, 2.45) is 17.8 Å². The molecule has 3 atom stereocenters. The molecular weight excluding hydrogens is 134 g/mol. The van der Waals surface area contributed by atoms with Gasteiger partial charge in [0, 0.05) is 5.92 Å². The van der Waals surface area contributed by atoms with Gasteiger partial charge in [-0.2, -0.15) is 5.26 Å². The van der Waals surface area contributed by atoms with E-state index in [0.717, 1.165) is 6.42 Å². The van der Waals surface area contributed by atoms with Gasteiger partial charge in [0.1, 0.15) is 0 Å². The third-order valence-electron chi connectivity index (χ3n) is 2.78. The van der Waals surface area contributed by atoms with Gasteiger partial charge in [-0.15, -0.1) is 0 Å². The largest absolute Gasteiger partial charge is 0.198 e. The molecule has 3 unspecified atom stereocenters. The summed E-state index contributed by atoms with van der Waals surface area (Å²) in [6, 6.07) is 2.37. The molecule has 0 aromatic carbocycles.